The Morgan fingerprint density at radius 2 is 1.88 bits per heavy atom. The Morgan fingerprint density at radius 3 is 2.47 bits per heavy atom. The number of hydrogen-bond acceptors (Lipinski definition) is 2. The lowest BCUT2D eigenvalue weighted by Gasteiger charge is -2.36. The molecule has 1 saturated heterocycles. The number of hydrogen-bond donors (Lipinski definition) is 2. The number of carbonyl (C=O) groups is 2. The number of piperazine rings is 1. The van der Waals surface area contributed by atoms with Crippen molar-refractivity contribution in [2.24, 2.45) is 0 Å². The van der Waals surface area contributed by atoms with Crippen molar-refractivity contribution in [1.29, 1.82) is 0 Å². The summed E-state index contributed by atoms with van der Waals surface area (Å²) in [5.74, 6) is -1.13. The van der Waals surface area contributed by atoms with Gasteiger partial charge in [-0.05, 0) is 31.9 Å². The van der Waals surface area contributed by atoms with Crippen molar-refractivity contribution >= 4 is 11.8 Å². The van der Waals surface area contributed by atoms with Crippen LogP contribution in [-0.4, -0.2) is 18.4 Å². The molecule has 1 aromatic carbocycles. The number of carbonyl (C=O) groups excluding carboxylic acids is 2. The largest absolute Gasteiger partial charge is 0.345 e. The van der Waals surface area contributed by atoms with Crippen molar-refractivity contribution in [3.63, 3.8) is 0 Å². The molecule has 1 unspecified atom stereocenters. The van der Waals surface area contributed by atoms with Crippen LogP contribution < -0.4 is 10.6 Å². The number of benzene rings is 1. The van der Waals surface area contributed by atoms with E-state index < -0.39 is 17.4 Å². The second-order valence-electron chi connectivity index (χ2n) is 4.79. The molecule has 1 heterocycles. The summed E-state index contributed by atoms with van der Waals surface area (Å²) in [6.07, 6.45) is 0. The molecule has 4 heteroatoms. The first-order chi connectivity index (χ1) is 7.92. The predicted molar refractivity (Wildman–Crippen MR) is 64.4 cm³/mol. The van der Waals surface area contributed by atoms with E-state index in [4.69, 9.17) is 0 Å². The predicted octanol–water partition coefficient (Wildman–Crippen LogP) is 0.765. The Labute approximate surface area is 100 Å². The van der Waals surface area contributed by atoms with Crippen LogP contribution in [0.15, 0.2) is 18.2 Å². The van der Waals surface area contributed by atoms with E-state index in [9.17, 15) is 9.59 Å². The highest BCUT2D eigenvalue weighted by atomic mass is 16.2. The molecule has 90 valence electrons. The number of rotatable bonds is 1. The van der Waals surface area contributed by atoms with Crippen LogP contribution in [0.4, 0.5) is 0 Å². The van der Waals surface area contributed by atoms with E-state index in [1.165, 1.54) is 5.56 Å². The van der Waals surface area contributed by atoms with Crippen molar-refractivity contribution in [3.8, 4) is 0 Å². The van der Waals surface area contributed by atoms with E-state index in [-0.39, 0.29) is 0 Å². The molecule has 0 radical (unpaired) electrons. The fourth-order valence-corrected chi connectivity index (χ4v) is 2.28. The lowest BCUT2D eigenvalue weighted by Crippen LogP contribution is -2.61. The van der Waals surface area contributed by atoms with Gasteiger partial charge < -0.3 is 10.6 Å². The molecular formula is C13H16N2O2. The molecule has 1 fully saturated rings. The highest BCUT2D eigenvalue weighted by Crippen LogP contribution is 2.25. The molecule has 0 spiro atoms. The first-order valence-corrected chi connectivity index (χ1v) is 5.60. The van der Waals surface area contributed by atoms with Crippen LogP contribution in [0.3, 0.4) is 0 Å². The lowest BCUT2D eigenvalue weighted by molar-refractivity contribution is -0.142. The normalized spacial score (nSPS) is 24.2. The molecule has 0 bridgehead atoms. The zero-order valence-electron chi connectivity index (χ0n) is 10.3. The highest BCUT2D eigenvalue weighted by Gasteiger charge is 2.36. The summed E-state index contributed by atoms with van der Waals surface area (Å²) in [5.41, 5.74) is 2.81. The Hall–Kier alpha value is -1.84. The fourth-order valence-electron chi connectivity index (χ4n) is 2.28. The Balaban J connectivity index is 2.38. The van der Waals surface area contributed by atoms with E-state index in [1.54, 1.807) is 0 Å². The van der Waals surface area contributed by atoms with Crippen LogP contribution >= 0.6 is 0 Å². The van der Waals surface area contributed by atoms with E-state index in [2.05, 4.69) is 16.7 Å². The summed E-state index contributed by atoms with van der Waals surface area (Å²) in [6.45, 7) is 6.37. The summed E-state index contributed by atoms with van der Waals surface area (Å²) in [6, 6.07) is 6.09. The molecule has 1 aliphatic rings. The van der Waals surface area contributed by atoms with Gasteiger partial charge in [-0.15, -0.1) is 0 Å². The minimum absolute atomic E-state index is 0.418. The zero-order valence-corrected chi connectivity index (χ0v) is 10.3. The molecule has 1 atom stereocenters. The van der Waals surface area contributed by atoms with Gasteiger partial charge in [-0.2, -0.15) is 0 Å². The third-order valence-electron chi connectivity index (χ3n) is 3.17. The van der Waals surface area contributed by atoms with Crippen LogP contribution in [-0.2, 0) is 15.1 Å². The molecule has 1 aliphatic heterocycles. The summed E-state index contributed by atoms with van der Waals surface area (Å²) in [7, 11) is 0. The van der Waals surface area contributed by atoms with Gasteiger partial charge in [-0.3, -0.25) is 9.59 Å². The SMILES string of the molecule is Cc1ccc(C2(C)CNC(=O)C(=O)N2)c(C)c1. The molecule has 1 aromatic rings. The molecule has 17 heavy (non-hydrogen) atoms. The maximum atomic E-state index is 11.4. The summed E-state index contributed by atoms with van der Waals surface area (Å²) >= 11 is 0. The van der Waals surface area contributed by atoms with Crippen LogP contribution in [0.1, 0.15) is 23.6 Å². The third kappa shape index (κ3) is 2.02. The van der Waals surface area contributed by atoms with Crippen molar-refractivity contribution in [2.45, 2.75) is 26.3 Å². The van der Waals surface area contributed by atoms with Gasteiger partial charge in [0.15, 0.2) is 0 Å². The highest BCUT2D eigenvalue weighted by molar-refractivity contribution is 6.35. The van der Waals surface area contributed by atoms with Gasteiger partial charge in [0, 0.05) is 6.54 Å². The molecule has 0 aromatic heterocycles. The van der Waals surface area contributed by atoms with Crippen LogP contribution in [0.25, 0.3) is 0 Å². The van der Waals surface area contributed by atoms with E-state index in [1.807, 2.05) is 32.9 Å². The van der Waals surface area contributed by atoms with Crippen molar-refractivity contribution in [1.82, 2.24) is 10.6 Å². The van der Waals surface area contributed by atoms with Crippen molar-refractivity contribution in [3.05, 3.63) is 34.9 Å². The van der Waals surface area contributed by atoms with E-state index in [0.717, 1.165) is 11.1 Å². The Bertz CT molecular complexity index is 496. The average Bonchev–Trinajstić information content (AvgIpc) is 2.24. The molecule has 2 rings (SSSR count). The fraction of sp³-hybridized carbons (Fsp3) is 0.385. The minimum atomic E-state index is -0.571. The molecular weight excluding hydrogens is 216 g/mol. The second-order valence-corrected chi connectivity index (χ2v) is 4.79. The van der Waals surface area contributed by atoms with Gasteiger partial charge in [-0.25, -0.2) is 0 Å². The first kappa shape index (κ1) is 11.6. The quantitative estimate of drug-likeness (QED) is 0.702. The number of aryl methyl sites for hydroxylation is 2. The van der Waals surface area contributed by atoms with Crippen LogP contribution in [0, 0.1) is 13.8 Å². The number of amides is 2. The van der Waals surface area contributed by atoms with Crippen molar-refractivity contribution < 1.29 is 9.59 Å². The minimum Gasteiger partial charge on any atom is -0.345 e. The van der Waals surface area contributed by atoms with Crippen LogP contribution in [0.5, 0.6) is 0 Å². The molecule has 0 aliphatic carbocycles. The number of nitrogens with one attached hydrogen (secondary N) is 2. The summed E-state index contributed by atoms with van der Waals surface area (Å²) in [4.78, 5) is 22.6. The summed E-state index contributed by atoms with van der Waals surface area (Å²) in [5, 5.41) is 5.38. The smallest absolute Gasteiger partial charge is 0.310 e. The Morgan fingerprint density at radius 1 is 1.18 bits per heavy atom. The van der Waals surface area contributed by atoms with Gasteiger partial charge in [0.2, 0.25) is 0 Å². The van der Waals surface area contributed by atoms with Crippen molar-refractivity contribution in [2.75, 3.05) is 6.54 Å². The maximum Gasteiger partial charge on any atom is 0.310 e. The molecule has 2 amide bonds. The molecule has 4 nitrogen and oxygen atoms in total. The maximum absolute atomic E-state index is 11.4. The van der Waals surface area contributed by atoms with E-state index >= 15 is 0 Å². The van der Waals surface area contributed by atoms with Gasteiger partial charge in [0.1, 0.15) is 0 Å². The topological polar surface area (TPSA) is 58.2 Å². The monoisotopic (exact) mass is 232 g/mol. The zero-order chi connectivity index (χ0) is 12.6. The third-order valence-corrected chi connectivity index (χ3v) is 3.17. The van der Waals surface area contributed by atoms with Gasteiger partial charge in [0.05, 0.1) is 5.54 Å². The summed E-state index contributed by atoms with van der Waals surface area (Å²) < 4.78 is 0. The van der Waals surface area contributed by atoms with E-state index in [0.29, 0.717) is 6.54 Å². The average molecular weight is 232 g/mol. The second kappa shape index (κ2) is 3.87. The molecule has 2 N–H and O–H groups in total. The first-order valence-electron chi connectivity index (χ1n) is 5.60. The van der Waals surface area contributed by atoms with Crippen LogP contribution in [0.2, 0.25) is 0 Å². The lowest BCUT2D eigenvalue weighted by atomic mass is 9.86. The van der Waals surface area contributed by atoms with Gasteiger partial charge in [0.25, 0.3) is 0 Å². The van der Waals surface area contributed by atoms with Gasteiger partial charge >= 0.3 is 11.8 Å². The molecule has 0 saturated carbocycles. The Kier molecular flexibility index (Phi) is 2.65. The standard InChI is InChI=1S/C13H16N2O2/c1-8-4-5-10(9(2)6-8)13(3)7-14-11(16)12(17)15-13/h4-6H,7H2,1-3H3,(H,14,16)(H,15,17). The van der Waals surface area contributed by atoms with Gasteiger partial charge in [-0.1, -0.05) is 23.8 Å².